The van der Waals surface area contributed by atoms with Gasteiger partial charge in [0, 0.05) is 32.9 Å². The topological polar surface area (TPSA) is 76.9 Å². The van der Waals surface area contributed by atoms with Crippen LogP contribution in [0.15, 0.2) is 23.1 Å². The van der Waals surface area contributed by atoms with Crippen LogP contribution in [0.25, 0.3) is 0 Å². The Bertz CT molecular complexity index is 647. The first kappa shape index (κ1) is 16.9. The Balaban J connectivity index is 1.69. The largest absolute Gasteiger partial charge is 0.377 e. The Morgan fingerprint density at radius 2 is 2.33 bits per heavy atom. The third-order valence-corrected chi connectivity index (χ3v) is 4.50. The van der Waals surface area contributed by atoms with Crippen molar-refractivity contribution in [1.82, 2.24) is 19.6 Å². The highest BCUT2D eigenvalue weighted by atomic mass is 16.6. The van der Waals surface area contributed by atoms with Crippen molar-refractivity contribution in [3.05, 3.63) is 28.7 Å². The maximum Gasteiger partial charge on any atom is 0.319 e. The SMILES string of the molecule is CN(C)C(=O)N1CCOC[C@]2(CC[C@@H](Cn3ncccc3=O)O2)C1. The van der Waals surface area contributed by atoms with E-state index >= 15 is 0 Å². The lowest BCUT2D eigenvalue weighted by atomic mass is 10.0. The molecule has 2 aliphatic heterocycles. The van der Waals surface area contributed by atoms with Crippen LogP contribution in [0.3, 0.4) is 0 Å². The molecule has 2 atom stereocenters. The van der Waals surface area contributed by atoms with Gasteiger partial charge in [-0.05, 0) is 18.9 Å². The van der Waals surface area contributed by atoms with Crippen LogP contribution < -0.4 is 5.56 Å². The Kier molecular flexibility index (Phi) is 4.86. The summed E-state index contributed by atoms with van der Waals surface area (Å²) in [4.78, 5) is 27.4. The first-order valence-corrected chi connectivity index (χ1v) is 8.23. The van der Waals surface area contributed by atoms with Crippen molar-refractivity contribution in [2.45, 2.75) is 31.1 Å². The van der Waals surface area contributed by atoms with E-state index in [0.717, 1.165) is 12.8 Å². The van der Waals surface area contributed by atoms with Crippen LogP contribution in [0.2, 0.25) is 0 Å². The minimum absolute atomic E-state index is 0.0344. The molecule has 1 aromatic heterocycles. The lowest BCUT2D eigenvalue weighted by Crippen LogP contribution is -2.49. The summed E-state index contributed by atoms with van der Waals surface area (Å²) in [6, 6.07) is 3.08. The summed E-state index contributed by atoms with van der Waals surface area (Å²) in [5.74, 6) is 0. The predicted octanol–water partition coefficient (Wildman–Crippen LogP) is 0.175. The van der Waals surface area contributed by atoms with Crippen LogP contribution in [0.5, 0.6) is 0 Å². The number of hydrogen-bond acceptors (Lipinski definition) is 5. The summed E-state index contributed by atoms with van der Waals surface area (Å²) in [5.41, 5.74) is -0.630. The molecule has 24 heavy (non-hydrogen) atoms. The summed E-state index contributed by atoms with van der Waals surface area (Å²) < 4.78 is 13.4. The average Bonchev–Trinajstić information content (AvgIpc) is 2.82. The molecule has 132 valence electrons. The molecule has 0 unspecified atom stereocenters. The number of urea groups is 1. The van der Waals surface area contributed by atoms with Gasteiger partial charge in [0.05, 0.1) is 32.4 Å². The summed E-state index contributed by atoms with van der Waals surface area (Å²) in [6.07, 6.45) is 3.11. The highest BCUT2D eigenvalue weighted by Crippen LogP contribution is 2.33. The molecule has 0 aliphatic carbocycles. The Hall–Kier alpha value is -1.93. The highest BCUT2D eigenvalue weighted by molar-refractivity contribution is 5.74. The lowest BCUT2D eigenvalue weighted by molar-refractivity contribution is -0.0882. The highest BCUT2D eigenvalue weighted by Gasteiger charge is 2.44. The van der Waals surface area contributed by atoms with Gasteiger partial charge < -0.3 is 19.3 Å². The smallest absolute Gasteiger partial charge is 0.319 e. The van der Waals surface area contributed by atoms with Crippen molar-refractivity contribution in [3.63, 3.8) is 0 Å². The minimum Gasteiger partial charge on any atom is -0.377 e. The fourth-order valence-corrected chi connectivity index (χ4v) is 3.32. The van der Waals surface area contributed by atoms with Gasteiger partial charge in [-0.15, -0.1) is 0 Å². The fraction of sp³-hybridized carbons (Fsp3) is 0.688. The third-order valence-electron chi connectivity index (χ3n) is 4.50. The third kappa shape index (κ3) is 3.59. The number of hydrogen-bond donors (Lipinski definition) is 0. The lowest BCUT2D eigenvalue weighted by Gasteiger charge is -2.33. The average molecular weight is 336 g/mol. The summed E-state index contributed by atoms with van der Waals surface area (Å²) in [6.45, 7) is 2.47. The molecule has 2 amide bonds. The summed E-state index contributed by atoms with van der Waals surface area (Å²) in [5, 5.41) is 4.08. The van der Waals surface area contributed by atoms with Gasteiger partial charge in [-0.25, -0.2) is 9.48 Å². The van der Waals surface area contributed by atoms with E-state index in [-0.39, 0.29) is 17.7 Å². The molecule has 2 fully saturated rings. The van der Waals surface area contributed by atoms with Gasteiger partial charge in [0.1, 0.15) is 5.60 Å². The van der Waals surface area contributed by atoms with Crippen molar-refractivity contribution >= 4 is 6.03 Å². The van der Waals surface area contributed by atoms with E-state index in [4.69, 9.17) is 9.47 Å². The predicted molar refractivity (Wildman–Crippen MR) is 86.8 cm³/mol. The van der Waals surface area contributed by atoms with E-state index in [9.17, 15) is 9.59 Å². The summed E-state index contributed by atoms with van der Waals surface area (Å²) in [7, 11) is 3.49. The number of rotatable bonds is 2. The van der Waals surface area contributed by atoms with Gasteiger partial charge in [0.15, 0.2) is 0 Å². The standard InChI is InChI=1S/C16H24N4O4/c1-18(2)15(22)19-8-9-23-12-16(11-19)6-5-13(24-16)10-20-14(21)4-3-7-17-20/h3-4,7,13H,5-6,8-12H2,1-2H3/t13-,16-/m0/s1. The van der Waals surface area contributed by atoms with Crippen molar-refractivity contribution in [2.24, 2.45) is 0 Å². The minimum atomic E-state index is -0.495. The van der Waals surface area contributed by atoms with E-state index in [0.29, 0.717) is 32.8 Å². The quantitative estimate of drug-likeness (QED) is 0.770. The zero-order valence-electron chi connectivity index (χ0n) is 14.2. The van der Waals surface area contributed by atoms with Crippen molar-refractivity contribution in [3.8, 4) is 0 Å². The first-order valence-electron chi connectivity index (χ1n) is 8.23. The Morgan fingerprint density at radius 3 is 3.08 bits per heavy atom. The molecule has 0 aromatic carbocycles. The molecule has 3 rings (SSSR count). The molecule has 0 saturated carbocycles. The monoisotopic (exact) mass is 336 g/mol. The van der Waals surface area contributed by atoms with Crippen LogP contribution >= 0.6 is 0 Å². The molecule has 0 N–H and O–H groups in total. The van der Waals surface area contributed by atoms with Crippen molar-refractivity contribution in [2.75, 3.05) is 40.4 Å². The fourth-order valence-electron chi connectivity index (χ4n) is 3.32. The zero-order valence-corrected chi connectivity index (χ0v) is 14.2. The van der Waals surface area contributed by atoms with Gasteiger partial charge in [-0.2, -0.15) is 5.10 Å². The number of carbonyl (C=O) groups excluding carboxylic acids is 1. The molecule has 1 spiro atoms. The second-order valence-electron chi connectivity index (χ2n) is 6.66. The number of carbonyl (C=O) groups is 1. The Morgan fingerprint density at radius 1 is 1.50 bits per heavy atom. The molecule has 8 nitrogen and oxygen atoms in total. The molecular weight excluding hydrogens is 312 g/mol. The van der Waals surface area contributed by atoms with Crippen molar-refractivity contribution in [1.29, 1.82) is 0 Å². The van der Waals surface area contributed by atoms with Crippen LogP contribution in [-0.4, -0.2) is 77.7 Å². The molecule has 3 heterocycles. The number of ether oxygens (including phenoxy) is 2. The Labute approximate surface area is 140 Å². The van der Waals surface area contributed by atoms with Gasteiger partial charge in [-0.3, -0.25) is 4.79 Å². The van der Waals surface area contributed by atoms with E-state index < -0.39 is 5.60 Å². The van der Waals surface area contributed by atoms with Crippen LogP contribution in [0.4, 0.5) is 4.79 Å². The van der Waals surface area contributed by atoms with Gasteiger partial charge in [0.25, 0.3) is 5.56 Å². The van der Waals surface area contributed by atoms with E-state index in [2.05, 4.69) is 5.10 Å². The number of nitrogens with zero attached hydrogens (tertiary/aromatic N) is 4. The second-order valence-corrected chi connectivity index (χ2v) is 6.66. The number of aromatic nitrogens is 2. The number of amides is 2. The molecule has 2 aliphatic rings. The van der Waals surface area contributed by atoms with E-state index in [1.807, 2.05) is 0 Å². The molecule has 8 heteroatoms. The second kappa shape index (κ2) is 6.90. The summed E-state index contributed by atoms with van der Waals surface area (Å²) >= 11 is 0. The first-order chi connectivity index (χ1) is 11.5. The van der Waals surface area contributed by atoms with Gasteiger partial charge >= 0.3 is 6.03 Å². The van der Waals surface area contributed by atoms with E-state index in [1.54, 1.807) is 36.2 Å². The zero-order chi connectivity index (χ0) is 17.2. The molecular formula is C16H24N4O4. The molecule has 1 aromatic rings. The van der Waals surface area contributed by atoms with Crippen LogP contribution in [0, 0.1) is 0 Å². The van der Waals surface area contributed by atoms with E-state index in [1.165, 1.54) is 10.7 Å². The molecule has 0 bridgehead atoms. The van der Waals surface area contributed by atoms with Gasteiger partial charge in [0.2, 0.25) is 0 Å². The maximum atomic E-state index is 12.3. The molecule has 0 radical (unpaired) electrons. The van der Waals surface area contributed by atoms with Crippen LogP contribution in [0.1, 0.15) is 12.8 Å². The van der Waals surface area contributed by atoms with Gasteiger partial charge in [-0.1, -0.05) is 0 Å². The normalized spacial score (nSPS) is 27.2. The maximum absolute atomic E-state index is 12.3. The molecule has 2 saturated heterocycles. The van der Waals surface area contributed by atoms with Crippen LogP contribution in [-0.2, 0) is 16.0 Å². The van der Waals surface area contributed by atoms with Crippen molar-refractivity contribution < 1.29 is 14.3 Å².